The fourth-order valence-corrected chi connectivity index (χ4v) is 1.89. The molecule has 0 aromatic heterocycles. The van der Waals surface area contributed by atoms with Crippen molar-refractivity contribution in [2.24, 2.45) is 0 Å². The molecule has 0 heterocycles. The zero-order valence-corrected chi connectivity index (χ0v) is 10.9. The summed E-state index contributed by atoms with van der Waals surface area (Å²) in [5.41, 5.74) is 2.47. The van der Waals surface area contributed by atoms with Crippen molar-refractivity contribution >= 4 is 17.3 Å². The lowest BCUT2D eigenvalue weighted by Gasteiger charge is -2.06. The van der Waals surface area contributed by atoms with Crippen molar-refractivity contribution in [3.63, 3.8) is 0 Å². The van der Waals surface area contributed by atoms with Gasteiger partial charge in [0.1, 0.15) is 0 Å². The molecule has 0 unspecified atom stereocenters. The normalized spacial score (nSPS) is 10.3. The highest BCUT2D eigenvalue weighted by atomic mass is 32.2. The fraction of sp³-hybridized carbons (Fsp3) is 0.286. The summed E-state index contributed by atoms with van der Waals surface area (Å²) in [6, 6.07) is 8.38. The topological polar surface area (TPSA) is 0 Å². The van der Waals surface area contributed by atoms with Crippen LogP contribution in [-0.4, -0.2) is 6.26 Å². The molecule has 0 amide bonds. The predicted octanol–water partition coefficient (Wildman–Crippen LogP) is 5.02. The first kappa shape index (κ1) is 14.1. The van der Waals surface area contributed by atoms with Crippen molar-refractivity contribution in [2.75, 3.05) is 6.26 Å². The average Bonchev–Trinajstić information content (AvgIpc) is 2.34. The van der Waals surface area contributed by atoms with Crippen LogP contribution in [0.1, 0.15) is 26.3 Å². The van der Waals surface area contributed by atoms with E-state index in [1.54, 1.807) is 11.8 Å². The number of rotatable bonds is 3. The SMILES string of the molecule is C=C/C(=C\C)c1ccccc1SC.CC. The van der Waals surface area contributed by atoms with Crippen LogP contribution < -0.4 is 0 Å². The Kier molecular flexibility index (Phi) is 7.84. The Hall–Kier alpha value is -0.950. The van der Waals surface area contributed by atoms with E-state index in [1.807, 2.05) is 26.8 Å². The van der Waals surface area contributed by atoms with Crippen molar-refractivity contribution in [3.05, 3.63) is 48.6 Å². The molecule has 1 heteroatoms. The lowest BCUT2D eigenvalue weighted by molar-refractivity contribution is 1.40. The summed E-state index contributed by atoms with van der Waals surface area (Å²) in [7, 11) is 0. The maximum absolute atomic E-state index is 3.81. The van der Waals surface area contributed by atoms with Gasteiger partial charge in [0, 0.05) is 4.90 Å². The number of benzene rings is 1. The molecule has 0 N–H and O–H groups in total. The summed E-state index contributed by atoms with van der Waals surface area (Å²) in [5, 5.41) is 0. The molecule has 0 aliphatic heterocycles. The molecule has 0 atom stereocenters. The van der Waals surface area contributed by atoms with E-state index in [4.69, 9.17) is 0 Å². The predicted molar refractivity (Wildman–Crippen MR) is 73.4 cm³/mol. The van der Waals surface area contributed by atoms with Crippen LogP contribution in [-0.2, 0) is 0 Å². The van der Waals surface area contributed by atoms with Crippen LogP contribution in [0.2, 0.25) is 0 Å². The van der Waals surface area contributed by atoms with E-state index in [0.29, 0.717) is 0 Å². The second kappa shape index (κ2) is 8.37. The first-order chi connectivity index (χ1) is 7.33. The maximum Gasteiger partial charge on any atom is 0.0147 e. The minimum Gasteiger partial charge on any atom is -0.129 e. The molecule has 0 fully saturated rings. The second-order valence-electron chi connectivity index (χ2n) is 2.65. The van der Waals surface area contributed by atoms with Crippen LogP contribution in [0.4, 0.5) is 0 Å². The number of thioether (sulfide) groups is 1. The van der Waals surface area contributed by atoms with Crippen molar-refractivity contribution in [2.45, 2.75) is 25.7 Å². The van der Waals surface area contributed by atoms with E-state index in [9.17, 15) is 0 Å². The van der Waals surface area contributed by atoms with Gasteiger partial charge in [0.2, 0.25) is 0 Å². The molecule has 1 aromatic rings. The van der Waals surface area contributed by atoms with E-state index in [1.165, 1.54) is 16.0 Å². The molecule has 0 spiro atoms. The third kappa shape index (κ3) is 3.96. The highest BCUT2D eigenvalue weighted by Crippen LogP contribution is 2.26. The summed E-state index contributed by atoms with van der Waals surface area (Å²) >= 11 is 1.77. The van der Waals surface area contributed by atoms with Crippen molar-refractivity contribution in [3.8, 4) is 0 Å². The van der Waals surface area contributed by atoms with Crippen LogP contribution in [0.25, 0.3) is 5.57 Å². The molecule has 0 nitrogen and oxygen atoms in total. The fourth-order valence-electron chi connectivity index (χ4n) is 1.27. The van der Waals surface area contributed by atoms with Gasteiger partial charge >= 0.3 is 0 Å². The molecular formula is C14H20S. The molecular weight excluding hydrogens is 200 g/mol. The van der Waals surface area contributed by atoms with E-state index in [0.717, 1.165) is 0 Å². The average molecular weight is 220 g/mol. The van der Waals surface area contributed by atoms with Crippen LogP contribution in [0.15, 0.2) is 47.9 Å². The Labute approximate surface area is 98.1 Å². The van der Waals surface area contributed by atoms with Crippen LogP contribution in [0, 0.1) is 0 Å². The van der Waals surface area contributed by atoms with Gasteiger partial charge in [-0.05, 0) is 30.4 Å². The summed E-state index contributed by atoms with van der Waals surface area (Å²) in [6.45, 7) is 9.84. The first-order valence-corrected chi connectivity index (χ1v) is 6.48. The smallest absolute Gasteiger partial charge is 0.0147 e. The van der Waals surface area contributed by atoms with Gasteiger partial charge < -0.3 is 0 Å². The molecule has 0 bridgehead atoms. The number of hydrogen-bond acceptors (Lipinski definition) is 1. The molecule has 0 saturated carbocycles. The summed E-state index contributed by atoms with van der Waals surface area (Å²) in [4.78, 5) is 1.30. The molecule has 15 heavy (non-hydrogen) atoms. The Morgan fingerprint density at radius 3 is 2.33 bits per heavy atom. The molecule has 1 aromatic carbocycles. The summed E-state index contributed by atoms with van der Waals surface area (Å²) in [5.74, 6) is 0. The number of allylic oxidation sites excluding steroid dienone is 3. The van der Waals surface area contributed by atoms with Gasteiger partial charge in [-0.3, -0.25) is 0 Å². The van der Waals surface area contributed by atoms with Gasteiger partial charge in [0.25, 0.3) is 0 Å². The summed E-state index contributed by atoms with van der Waals surface area (Å²) < 4.78 is 0. The Bertz CT molecular complexity index is 324. The molecule has 0 aliphatic rings. The van der Waals surface area contributed by atoms with Crippen LogP contribution in [0.3, 0.4) is 0 Å². The van der Waals surface area contributed by atoms with Crippen LogP contribution >= 0.6 is 11.8 Å². The lowest BCUT2D eigenvalue weighted by atomic mass is 10.1. The van der Waals surface area contributed by atoms with Gasteiger partial charge in [0.15, 0.2) is 0 Å². The minimum absolute atomic E-state index is 1.20. The van der Waals surface area contributed by atoms with Gasteiger partial charge in [-0.25, -0.2) is 0 Å². The Morgan fingerprint density at radius 1 is 1.27 bits per heavy atom. The molecule has 0 saturated heterocycles. The molecule has 82 valence electrons. The third-order valence-corrected chi connectivity index (χ3v) is 2.74. The Morgan fingerprint density at radius 2 is 1.87 bits per heavy atom. The lowest BCUT2D eigenvalue weighted by Crippen LogP contribution is -1.83. The van der Waals surface area contributed by atoms with E-state index in [2.05, 4.69) is 43.2 Å². The molecule has 1 rings (SSSR count). The zero-order valence-electron chi connectivity index (χ0n) is 10.1. The van der Waals surface area contributed by atoms with Crippen LogP contribution in [0.5, 0.6) is 0 Å². The second-order valence-corrected chi connectivity index (χ2v) is 3.50. The van der Waals surface area contributed by atoms with Gasteiger partial charge in [-0.2, -0.15) is 0 Å². The Balaban J connectivity index is 0.000000921. The molecule has 0 aliphatic carbocycles. The summed E-state index contributed by atoms with van der Waals surface area (Å²) in [6.07, 6.45) is 6.08. The van der Waals surface area contributed by atoms with Gasteiger partial charge in [-0.15, -0.1) is 11.8 Å². The van der Waals surface area contributed by atoms with Crippen molar-refractivity contribution < 1.29 is 0 Å². The van der Waals surface area contributed by atoms with E-state index < -0.39 is 0 Å². The quantitative estimate of drug-likeness (QED) is 0.509. The third-order valence-electron chi connectivity index (χ3n) is 1.95. The first-order valence-electron chi connectivity index (χ1n) is 5.25. The van der Waals surface area contributed by atoms with Gasteiger partial charge in [0.05, 0.1) is 0 Å². The van der Waals surface area contributed by atoms with Crippen molar-refractivity contribution in [1.82, 2.24) is 0 Å². The van der Waals surface area contributed by atoms with E-state index in [-0.39, 0.29) is 0 Å². The zero-order chi connectivity index (χ0) is 11.7. The standard InChI is InChI=1S/C12H14S.C2H6/c1-4-10(5-2)11-8-6-7-9-12(11)13-3;1-2/h4-9H,1H2,2-3H3;1-2H3/b10-5+;. The minimum atomic E-state index is 1.20. The van der Waals surface area contributed by atoms with E-state index >= 15 is 0 Å². The van der Waals surface area contributed by atoms with Crippen molar-refractivity contribution in [1.29, 1.82) is 0 Å². The van der Waals surface area contributed by atoms with Gasteiger partial charge in [-0.1, -0.05) is 50.8 Å². The highest BCUT2D eigenvalue weighted by Gasteiger charge is 2.01. The monoisotopic (exact) mass is 220 g/mol. The highest BCUT2D eigenvalue weighted by molar-refractivity contribution is 7.98. The maximum atomic E-state index is 3.81. The molecule has 0 radical (unpaired) electrons. The largest absolute Gasteiger partial charge is 0.129 e. The number of hydrogen-bond donors (Lipinski definition) is 0.